The van der Waals surface area contributed by atoms with Gasteiger partial charge in [-0.3, -0.25) is 4.79 Å². The van der Waals surface area contributed by atoms with Crippen LogP contribution < -0.4 is 19.6 Å². The lowest BCUT2D eigenvalue weighted by Gasteiger charge is -2.15. The number of benzene rings is 2. The summed E-state index contributed by atoms with van der Waals surface area (Å²) in [5.74, 6) is 0.610. The third kappa shape index (κ3) is 8.44. The zero-order chi connectivity index (χ0) is 29.2. The van der Waals surface area contributed by atoms with Crippen LogP contribution in [0.4, 0.5) is 0 Å². The number of rotatable bonds is 12. The van der Waals surface area contributed by atoms with Crippen molar-refractivity contribution < 1.29 is 23.7 Å². The molecule has 0 saturated heterocycles. The SMILES string of the molecule is CCOc1cc(/C=N/NC(=O)COc2nc(C)c(Br)c(COC)c2C#N)cc(I)c1OCc1ccc(Cl)c(Cl)c1. The van der Waals surface area contributed by atoms with E-state index < -0.39 is 12.5 Å². The number of halogens is 4. The molecule has 9 nitrogen and oxygen atoms in total. The number of nitrogens with zero attached hydrogens (tertiary/aromatic N) is 3. The topological polar surface area (TPSA) is 115 Å². The molecule has 1 heterocycles. The van der Waals surface area contributed by atoms with Crippen LogP contribution in [0.3, 0.4) is 0 Å². The highest BCUT2D eigenvalue weighted by atomic mass is 127. The van der Waals surface area contributed by atoms with Gasteiger partial charge in [0, 0.05) is 17.1 Å². The lowest BCUT2D eigenvalue weighted by Crippen LogP contribution is -2.25. The van der Waals surface area contributed by atoms with Gasteiger partial charge in [-0.15, -0.1) is 0 Å². The van der Waals surface area contributed by atoms with Crippen molar-refractivity contribution in [3.8, 4) is 23.4 Å². The van der Waals surface area contributed by atoms with Gasteiger partial charge in [-0.25, -0.2) is 10.4 Å². The second kappa shape index (κ2) is 15.4. The molecule has 0 atom stereocenters. The second-order valence-corrected chi connectivity index (χ2v) is 10.9. The molecular formula is C27H24BrCl2IN4O5. The lowest BCUT2D eigenvalue weighted by atomic mass is 10.1. The normalized spacial score (nSPS) is 10.8. The van der Waals surface area contributed by atoms with Crippen molar-refractivity contribution in [3.63, 3.8) is 0 Å². The number of carbonyl (C=O) groups excluding carboxylic acids is 1. The highest BCUT2D eigenvalue weighted by molar-refractivity contribution is 14.1. The number of ether oxygens (including phenoxy) is 4. The zero-order valence-electron chi connectivity index (χ0n) is 21.7. The Morgan fingerprint density at radius 3 is 2.65 bits per heavy atom. The molecule has 3 rings (SSSR count). The van der Waals surface area contributed by atoms with E-state index in [2.05, 4.69) is 60.1 Å². The van der Waals surface area contributed by atoms with Crippen LogP contribution in [0.1, 0.15) is 34.9 Å². The highest BCUT2D eigenvalue weighted by Crippen LogP contribution is 2.35. The summed E-state index contributed by atoms with van der Waals surface area (Å²) in [6.07, 6.45) is 1.48. The molecule has 0 bridgehead atoms. The molecule has 0 saturated carbocycles. The average molecular weight is 762 g/mol. The van der Waals surface area contributed by atoms with Crippen LogP contribution >= 0.6 is 61.7 Å². The highest BCUT2D eigenvalue weighted by Gasteiger charge is 2.18. The number of nitriles is 1. The van der Waals surface area contributed by atoms with Crippen molar-refractivity contribution in [2.24, 2.45) is 5.10 Å². The third-order valence-corrected chi connectivity index (χ3v) is 7.80. The van der Waals surface area contributed by atoms with Gasteiger partial charge in [-0.05, 0) is 87.8 Å². The summed E-state index contributed by atoms with van der Waals surface area (Å²) < 4.78 is 23.9. The fourth-order valence-corrected chi connectivity index (χ4v) is 4.91. The number of aryl methyl sites for hydroxylation is 1. The van der Waals surface area contributed by atoms with Crippen molar-refractivity contribution in [1.29, 1.82) is 5.26 Å². The van der Waals surface area contributed by atoms with Crippen LogP contribution in [0.5, 0.6) is 17.4 Å². The molecule has 2 aromatic carbocycles. The molecule has 40 heavy (non-hydrogen) atoms. The van der Waals surface area contributed by atoms with Crippen LogP contribution in [-0.2, 0) is 22.7 Å². The minimum absolute atomic E-state index is 0.0433. The number of amides is 1. The zero-order valence-corrected chi connectivity index (χ0v) is 26.9. The van der Waals surface area contributed by atoms with E-state index in [-0.39, 0.29) is 24.7 Å². The molecule has 0 aliphatic carbocycles. The van der Waals surface area contributed by atoms with Gasteiger partial charge >= 0.3 is 0 Å². The fourth-order valence-electron chi connectivity index (χ4n) is 3.41. The first-order valence-corrected chi connectivity index (χ1v) is 14.4. The van der Waals surface area contributed by atoms with Gasteiger partial charge in [0.1, 0.15) is 18.2 Å². The van der Waals surface area contributed by atoms with Crippen LogP contribution in [0.25, 0.3) is 0 Å². The summed E-state index contributed by atoms with van der Waals surface area (Å²) in [7, 11) is 1.52. The van der Waals surface area contributed by atoms with E-state index in [1.165, 1.54) is 13.3 Å². The summed E-state index contributed by atoms with van der Waals surface area (Å²) in [4.78, 5) is 16.6. The molecule has 1 N–H and O–H groups in total. The van der Waals surface area contributed by atoms with E-state index in [1.54, 1.807) is 25.1 Å². The molecule has 0 radical (unpaired) electrons. The molecule has 3 aromatic rings. The summed E-state index contributed by atoms with van der Waals surface area (Å²) in [5.41, 5.74) is 5.33. The van der Waals surface area contributed by atoms with Gasteiger partial charge in [0.15, 0.2) is 18.1 Å². The molecule has 210 valence electrons. The van der Waals surface area contributed by atoms with Crippen molar-refractivity contribution >= 4 is 73.8 Å². The summed E-state index contributed by atoms with van der Waals surface area (Å²) in [6, 6.07) is 11.0. The second-order valence-electron chi connectivity index (χ2n) is 8.10. The first kappa shape index (κ1) is 31.9. The van der Waals surface area contributed by atoms with E-state index in [0.717, 1.165) is 9.13 Å². The smallest absolute Gasteiger partial charge is 0.278 e. The van der Waals surface area contributed by atoms with Crippen LogP contribution in [0.15, 0.2) is 39.9 Å². The molecule has 0 fully saturated rings. The van der Waals surface area contributed by atoms with Gasteiger partial charge in [0.2, 0.25) is 5.88 Å². The van der Waals surface area contributed by atoms with Gasteiger partial charge < -0.3 is 18.9 Å². The van der Waals surface area contributed by atoms with E-state index in [1.807, 2.05) is 19.1 Å². The van der Waals surface area contributed by atoms with Crippen LogP contribution in [0, 0.1) is 21.8 Å². The molecule has 1 aromatic heterocycles. The van der Waals surface area contributed by atoms with Gasteiger partial charge in [-0.2, -0.15) is 10.4 Å². The van der Waals surface area contributed by atoms with Crippen molar-refractivity contribution in [2.45, 2.75) is 27.1 Å². The van der Waals surface area contributed by atoms with Gasteiger partial charge in [0.25, 0.3) is 5.91 Å². The average Bonchev–Trinajstić information content (AvgIpc) is 2.92. The maximum atomic E-state index is 12.4. The first-order valence-electron chi connectivity index (χ1n) is 11.7. The van der Waals surface area contributed by atoms with E-state index in [4.69, 9.17) is 42.1 Å². The standard InChI is InChI=1S/C27H24BrCl2IN4O5/c1-4-38-23-9-17(8-22(31)26(23)39-12-16-5-6-20(29)21(30)7-16)11-33-35-24(36)14-40-27-18(10-32)19(13-37-3)25(28)15(2)34-27/h5-9,11H,4,12-14H2,1-3H3,(H,35,36)/b33-11+. The number of hydrazone groups is 1. The molecular weight excluding hydrogens is 738 g/mol. The summed E-state index contributed by atoms with van der Waals surface area (Å²) in [5, 5.41) is 14.5. The Hall–Kier alpha value is -2.63. The molecule has 1 amide bonds. The van der Waals surface area contributed by atoms with Gasteiger partial charge in [0.05, 0.1) is 38.7 Å². The third-order valence-electron chi connectivity index (χ3n) is 5.21. The Morgan fingerprint density at radius 1 is 1.20 bits per heavy atom. The fraction of sp³-hybridized carbons (Fsp3) is 0.259. The van der Waals surface area contributed by atoms with E-state index in [9.17, 15) is 10.1 Å². The number of aromatic nitrogens is 1. The van der Waals surface area contributed by atoms with Crippen LogP contribution in [0.2, 0.25) is 10.0 Å². The van der Waals surface area contributed by atoms with Gasteiger partial charge in [-0.1, -0.05) is 29.3 Å². The Balaban J connectivity index is 1.66. The maximum absolute atomic E-state index is 12.4. The number of carbonyl (C=O) groups is 1. The van der Waals surface area contributed by atoms with E-state index in [0.29, 0.717) is 49.4 Å². The molecule has 0 unspecified atom stereocenters. The largest absolute Gasteiger partial charge is 0.490 e. The van der Waals surface area contributed by atoms with Crippen molar-refractivity contribution in [1.82, 2.24) is 10.4 Å². The lowest BCUT2D eigenvalue weighted by molar-refractivity contribution is -0.123. The Kier molecular flexibility index (Phi) is 12.3. The predicted octanol–water partition coefficient (Wildman–Crippen LogP) is 6.59. The Labute approximate surface area is 264 Å². The predicted molar refractivity (Wildman–Crippen MR) is 164 cm³/mol. The minimum Gasteiger partial charge on any atom is -0.490 e. The van der Waals surface area contributed by atoms with Crippen molar-refractivity contribution in [2.75, 3.05) is 20.3 Å². The summed E-state index contributed by atoms with van der Waals surface area (Å²) in [6.45, 7) is 4.10. The molecule has 0 aliphatic heterocycles. The quantitative estimate of drug-likeness (QED) is 0.126. The number of pyridine rings is 1. The first-order chi connectivity index (χ1) is 19.2. The minimum atomic E-state index is -0.530. The Morgan fingerprint density at radius 2 is 1.98 bits per heavy atom. The Bertz CT molecular complexity index is 1470. The molecule has 13 heteroatoms. The van der Waals surface area contributed by atoms with E-state index >= 15 is 0 Å². The number of nitrogens with one attached hydrogen (secondary N) is 1. The molecule has 0 spiro atoms. The maximum Gasteiger partial charge on any atom is 0.278 e. The number of hydrogen-bond donors (Lipinski definition) is 1. The van der Waals surface area contributed by atoms with Crippen LogP contribution in [-0.4, -0.2) is 37.4 Å². The monoisotopic (exact) mass is 760 g/mol. The molecule has 0 aliphatic rings. The number of methoxy groups -OCH3 is 1. The number of hydrogen-bond acceptors (Lipinski definition) is 8. The summed E-state index contributed by atoms with van der Waals surface area (Å²) >= 11 is 17.7. The van der Waals surface area contributed by atoms with Crippen molar-refractivity contribution in [3.05, 3.63) is 76.4 Å².